The molecular formula is C14H15Br. The largest absolute Gasteiger partial charge is 0.0925 e. The summed E-state index contributed by atoms with van der Waals surface area (Å²) in [6.07, 6.45) is 1.15. The maximum absolute atomic E-state index is 3.52. The number of fused-ring (bicyclic) bond motifs is 1. The van der Waals surface area contributed by atoms with Gasteiger partial charge in [0.05, 0.1) is 0 Å². The van der Waals surface area contributed by atoms with E-state index in [1.807, 2.05) is 0 Å². The minimum atomic E-state index is 0.700. The van der Waals surface area contributed by atoms with Crippen molar-refractivity contribution in [2.45, 2.75) is 13.3 Å². The van der Waals surface area contributed by atoms with Crippen molar-refractivity contribution in [3.63, 3.8) is 0 Å². The summed E-state index contributed by atoms with van der Waals surface area (Å²) >= 11 is 3.52. The smallest absolute Gasteiger partial charge is 0.00602 e. The fraction of sp³-hybridized carbons (Fsp3) is 0.286. The Morgan fingerprint density at radius 2 is 1.80 bits per heavy atom. The molecule has 0 saturated heterocycles. The molecule has 2 rings (SSSR count). The molecule has 0 aliphatic carbocycles. The molecule has 1 heteroatoms. The highest BCUT2D eigenvalue weighted by Crippen LogP contribution is 2.18. The van der Waals surface area contributed by atoms with Crippen LogP contribution in [0.15, 0.2) is 42.5 Å². The zero-order valence-electron chi connectivity index (χ0n) is 8.91. The Morgan fingerprint density at radius 1 is 1.07 bits per heavy atom. The van der Waals surface area contributed by atoms with Crippen LogP contribution in [-0.2, 0) is 6.42 Å². The van der Waals surface area contributed by atoms with Crippen molar-refractivity contribution >= 4 is 26.7 Å². The minimum Gasteiger partial charge on any atom is -0.0925 e. The average molecular weight is 263 g/mol. The van der Waals surface area contributed by atoms with Gasteiger partial charge in [0, 0.05) is 5.33 Å². The van der Waals surface area contributed by atoms with Crippen molar-refractivity contribution in [1.82, 2.24) is 0 Å². The van der Waals surface area contributed by atoms with Gasteiger partial charge in [0.15, 0.2) is 0 Å². The molecule has 2 aromatic rings. The zero-order chi connectivity index (χ0) is 10.7. The van der Waals surface area contributed by atoms with E-state index in [0.717, 1.165) is 11.8 Å². The average Bonchev–Trinajstić information content (AvgIpc) is 2.29. The first kappa shape index (κ1) is 10.7. The second-order valence-corrected chi connectivity index (χ2v) is 4.79. The van der Waals surface area contributed by atoms with Crippen LogP contribution in [-0.4, -0.2) is 5.33 Å². The Bertz CT molecular complexity index is 448. The molecule has 0 aliphatic heterocycles. The van der Waals surface area contributed by atoms with Gasteiger partial charge in [-0.05, 0) is 28.7 Å². The van der Waals surface area contributed by atoms with E-state index in [1.165, 1.54) is 16.3 Å². The van der Waals surface area contributed by atoms with Gasteiger partial charge in [-0.1, -0.05) is 65.3 Å². The van der Waals surface area contributed by atoms with Crippen molar-refractivity contribution < 1.29 is 0 Å². The van der Waals surface area contributed by atoms with Gasteiger partial charge in [0.2, 0.25) is 0 Å². The molecule has 0 saturated carbocycles. The highest BCUT2D eigenvalue weighted by molar-refractivity contribution is 9.09. The Balaban J connectivity index is 2.30. The molecule has 1 atom stereocenters. The van der Waals surface area contributed by atoms with Crippen LogP contribution in [0.4, 0.5) is 0 Å². The van der Waals surface area contributed by atoms with Crippen molar-refractivity contribution in [1.29, 1.82) is 0 Å². The van der Waals surface area contributed by atoms with Crippen LogP contribution in [0, 0.1) is 5.92 Å². The van der Waals surface area contributed by atoms with E-state index in [-0.39, 0.29) is 0 Å². The van der Waals surface area contributed by atoms with E-state index in [1.54, 1.807) is 0 Å². The summed E-state index contributed by atoms with van der Waals surface area (Å²) in [6.45, 7) is 2.27. The Morgan fingerprint density at radius 3 is 2.53 bits per heavy atom. The molecule has 0 spiro atoms. The summed E-state index contributed by atoms with van der Waals surface area (Å²) in [4.78, 5) is 0. The van der Waals surface area contributed by atoms with Crippen molar-refractivity contribution in [2.75, 3.05) is 5.33 Å². The topological polar surface area (TPSA) is 0 Å². The zero-order valence-corrected chi connectivity index (χ0v) is 10.5. The van der Waals surface area contributed by atoms with Gasteiger partial charge in [0.25, 0.3) is 0 Å². The first-order chi connectivity index (χ1) is 7.29. The summed E-state index contributed by atoms with van der Waals surface area (Å²) in [6, 6.07) is 15.3. The van der Waals surface area contributed by atoms with Crippen LogP contribution in [0.25, 0.3) is 10.8 Å². The molecule has 0 amide bonds. The van der Waals surface area contributed by atoms with E-state index in [2.05, 4.69) is 65.3 Å². The lowest BCUT2D eigenvalue weighted by Crippen LogP contribution is -2.00. The quantitative estimate of drug-likeness (QED) is 0.719. The van der Waals surface area contributed by atoms with Crippen LogP contribution >= 0.6 is 15.9 Å². The van der Waals surface area contributed by atoms with Crippen molar-refractivity contribution in [3.8, 4) is 0 Å². The van der Waals surface area contributed by atoms with Gasteiger partial charge in [0.1, 0.15) is 0 Å². The SMILES string of the molecule is CC(CBr)Cc1ccc2ccccc2c1. The van der Waals surface area contributed by atoms with Crippen molar-refractivity contribution in [3.05, 3.63) is 48.0 Å². The summed E-state index contributed by atoms with van der Waals surface area (Å²) in [5.74, 6) is 0.700. The fourth-order valence-corrected chi connectivity index (χ4v) is 2.05. The second kappa shape index (κ2) is 4.80. The molecule has 0 radical (unpaired) electrons. The molecule has 0 nitrogen and oxygen atoms in total. The van der Waals surface area contributed by atoms with Crippen LogP contribution < -0.4 is 0 Å². The van der Waals surface area contributed by atoms with E-state index in [0.29, 0.717) is 5.92 Å². The van der Waals surface area contributed by atoms with E-state index < -0.39 is 0 Å². The van der Waals surface area contributed by atoms with Gasteiger partial charge < -0.3 is 0 Å². The highest BCUT2D eigenvalue weighted by atomic mass is 79.9. The highest BCUT2D eigenvalue weighted by Gasteiger charge is 2.02. The third kappa shape index (κ3) is 2.60. The molecule has 2 aromatic carbocycles. The maximum atomic E-state index is 3.52. The Kier molecular flexibility index (Phi) is 3.42. The first-order valence-electron chi connectivity index (χ1n) is 5.33. The van der Waals surface area contributed by atoms with Gasteiger partial charge in [-0.3, -0.25) is 0 Å². The Hall–Kier alpha value is -0.820. The first-order valence-corrected chi connectivity index (χ1v) is 6.45. The number of hydrogen-bond donors (Lipinski definition) is 0. The lowest BCUT2D eigenvalue weighted by Gasteiger charge is -2.08. The summed E-state index contributed by atoms with van der Waals surface area (Å²) in [7, 11) is 0. The van der Waals surface area contributed by atoms with Crippen LogP contribution in [0.2, 0.25) is 0 Å². The number of benzene rings is 2. The molecule has 0 bridgehead atoms. The maximum Gasteiger partial charge on any atom is 0.00602 e. The number of alkyl halides is 1. The molecule has 0 heterocycles. The predicted octanol–water partition coefficient (Wildman–Crippen LogP) is 4.41. The molecule has 78 valence electrons. The fourth-order valence-electron chi connectivity index (χ4n) is 1.82. The van der Waals surface area contributed by atoms with Gasteiger partial charge in [-0.2, -0.15) is 0 Å². The minimum absolute atomic E-state index is 0.700. The third-order valence-electron chi connectivity index (χ3n) is 2.66. The summed E-state index contributed by atoms with van der Waals surface area (Å²) in [5, 5.41) is 3.74. The van der Waals surface area contributed by atoms with Gasteiger partial charge in [-0.25, -0.2) is 0 Å². The van der Waals surface area contributed by atoms with E-state index in [4.69, 9.17) is 0 Å². The lowest BCUT2D eigenvalue weighted by molar-refractivity contribution is 0.664. The van der Waals surface area contributed by atoms with Crippen LogP contribution in [0.3, 0.4) is 0 Å². The van der Waals surface area contributed by atoms with Crippen LogP contribution in [0.1, 0.15) is 12.5 Å². The molecule has 1 unspecified atom stereocenters. The molecular weight excluding hydrogens is 248 g/mol. The monoisotopic (exact) mass is 262 g/mol. The Labute approximate surface area is 99.4 Å². The molecule has 15 heavy (non-hydrogen) atoms. The van der Waals surface area contributed by atoms with Gasteiger partial charge in [-0.15, -0.1) is 0 Å². The van der Waals surface area contributed by atoms with Gasteiger partial charge >= 0.3 is 0 Å². The normalized spacial score (nSPS) is 12.9. The molecule has 0 N–H and O–H groups in total. The van der Waals surface area contributed by atoms with Crippen LogP contribution in [0.5, 0.6) is 0 Å². The second-order valence-electron chi connectivity index (χ2n) is 4.15. The standard InChI is InChI=1S/C14H15Br/c1-11(10-15)8-12-6-7-13-4-2-3-5-14(13)9-12/h2-7,9,11H,8,10H2,1H3. The van der Waals surface area contributed by atoms with Crippen molar-refractivity contribution in [2.24, 2.45) is 5.92 Å². The number of rotatable bonds is 3. The van der Waals surface area contributed by atoms with E-state index in [9.17, 15) is 0 Å². The number of halogens is 1. The molecule has 0 aliphatic rings. The molecule has 0 fully saturated rings. The van der Waals surface area contributed by atoms with E-state index >= 15 is 0 Å². The predicted molar refractivity (Wildman–Crippen MR) is 70.6 cm³/mol. The number of hydrogen-bond acceptors (Lipinski definition) is 0. The summed E-state index contributed by atoms with van der Waals surface area (Å²) < 4.78 is 0. The third-order valence-corrected chi connectivity index (χ3v) is 3.77. The lowest BCUT2D eigenvalue weighted by atomic mass is 10.00. The molecule has 0 aromatic heterocycles. The summed E-state index contributed by atoms with van der Waals surface area (Å²) in [5.41, 5.74) is 1.43.